The minimum Gasteiger partial charge on any atom is -0.357 e. The smallest absolute Gasteiger partial charge is 0.224 e. The molecule has 3 rings (SSSR count). The first-order chi connectivity index (χ1) is 8.78. The Morgan fingerprint density at radius 1 is 1.39 bits per heavy atom. The summed E-state index contributed by atoms with van der Waals surface area (Å²) in [5.74, 6) is 2.45. The van der Waals surface area contributed by atoms with Gasteiger partial charge in [-0.3, -0.25) is 0 Å². The maximum Gasteiger partial charge on any atom is 0.224 e. The van der Waals surface area contributed by atoms with Gasteiger partial charge in [-0.15, -0.1) is 10.2 Å². The molecule has 0 atom stereocenters. The van der Waals surface area contributed by atoms with Crippen molar-refractivity contribution >= 4 is 27.7 Å². The molecule has 2 aromatic rings. The van der Waals surface area contributed by atoms with Crippen molar-refractivity contribution in [2.45, 2.75) is 13.1 Å². The van der Waals surface area contributed by atoms with Crippen molar-refractivity contribution in [3.05, 3.63) is 22.8 Å². The van der Waals surface area contributed by atoms with E-state index in [0.717, 1.165) is 29.2 Å². The summed E-state index contributed by atoms with van der Waals surface area (Å²) in [6, 6.07) is 0. The number of hydrogen-bond donors (Lipinski definition) is 1. The van der Waals surface area contributed by atoms with Crippen molar-refractivity contribution in [3.8, 4) is 0 Å². The molecule has 0 spiro atoms. The molecular weight excluding hydrogens is 298 g/mol. The quantitative estimate of drug-likeness (QED) is 0.888. The van der Waals surface area contributed by atoms with Crippen LogP contribution in [-0.2, 0) is 13.1 Å². The molecule has 2 aromatic heterocycles. The fourth-order valence-corrected chi connectivity index (χ4v) is 2.39. The summed E-state index contributed by atoms with van der Waals surface area (Å²) < 4.78 is 2.94. The van der Waals surface area contributed by atoms with Crippen LogP contribution in [0.4, 0.5) is 11.8 Å². The van der Waals surface area contributed by atoms with Gasteiger partial charge in [-0.2, -0.15) is 4.98 Å². The second kappa shape index (κ2) is 4.52. The molecule has 1 aliphatic rings. The number of aromatic nitrogens is 5. The van der Waals surface area contributed by atoms with Crippen molar-refractivity contribution in [3.63, 3.8) is 0 Å². The molecule has 0 bridgehead atoms. The van der Waals surface area contributed by atoms with E-state index >= 15 is 0 Å². The lowest BCUT2D eigenvalue weighted by molar-refractivity contribution is 0.555. The van der Waals surface area contributed by atoms with Crippen LogP contribution in [0.25, 0.3) is 0 Å². The zero-order valence-electron chi connectivity index (χ0n) is 9.84. The van der Waals surface area contributed by atoms with Crippen LogP contribution >= 0.6 is 15.9 Å². The molecule has 18 heavy (non-hydrogen) atoms. The van der Waals surface area contributed by atoms with Crippen LogP contribution in [0.15, 0.2) is 17.0 Å². The van der Waals surface area contributed by atoms with Crippen molar-refractivity contribution in [1.29, 1.82) is 0 Å². The Kier molecular flexibility index (Phi) is 2.86. The molecule has 0 amide bonds. The Morgan fingerprint density at radius 3 is 3.11 bits per heavy atom. The number of nitrogens with zero attached hydrogens (tertiary/aromatic N) is 6. The maximum absolute atomic E-state index is 4.47. The van der Waals surface area contributed by atoms with Crippen LogP contribution < -0.4 is 10.2 Å². The summed E-state index contributed by atoms with van der Waals surface area (Å²) in [5.41, 5.74) is 0. The molecule has 0 unspecified atom stereocenters. The van der Waals surface area contributed by atoms with Crippen LogP contribution in [0.1, 0.15) is 5.82 Å². The highest BCUT2D eigenvalue weighted by Gasteiger charge is 2.20. The van der Waals surface area contributed by atoms with E-state index in [1.807, 2.05) is 0 Å². The summed E-state index contributed by atoms with van der Waals surface area (Å²) in [7, 11) is 1.81. The third-order valence-corrected chi connectivity index (χ3v) is 3.45. The maximum atomic E-state index is 4.47. The third-order valence-electron chi connectivity index (χ3n) is 2.89. The summed E-state index contributed by atoms with van der Waals surface area (Å²) >= 11 is 3.49. The number of rotatable bonds is 2. The molecule has 0 aromatic carbocycles. The second-order valence-corrected chi connectivity index (χ2v) is 4.83. The van der Waals surface area contributed by atoms with Crippen LogP contribution in [0.3, 0.4) is 0 Å². The average molecular weight is 310 g/mol. The minimum atomic E-state index is 0.611. The van der Waals surface area contributed by atoms with Gasteiger partial charge in [0.25, 0.3) is 0 Å². The number of halogens is 1. The third kappa shape index (κ3) is 1.92. The van der Waals surface area contributed by atoms with E-state index < -0.39 is 0 Å². The molecule has 0 radical (unpaired) electrons. The Hall–Kier alpha value is -1.70. The highest BCUT2D eigenvalue weighted by atomic mass is 79.9. The van der Waals surface area contributed by atoms with Gasteiger partial charge in [0.2, 0.25) is 5.95 Å². The number of fused-ring (bicyclic) bond motifs is 1. The molecule has 8 heteroatoms. The van der Waals surface area contributed by atoms with Crippen LogP contribution in [0, 0.1) is 0 Å². The number of anilines is 2. The molecule has 0 saturated carbocycles. The first-order valence-corrected chi connectivity index (χ1v) is 6.39. The van der Waals surface area contributed by atoms with Gasteiger partial charge in [0.15, 0.2) is 5.82 Å². The summed E-state index contributed by atoms with van der Waals surface area (Å²) in [5, 5.41) is 11.0. The number of hydrogen-bond acceptors (Lipinski definition) is 6. The largest absolute Gasteiger partial charge is 0.357 e. The summed E-state index contributed by atoms with van der Waals surface area (Å²) in [6.07, 6.45) is 3.52. The van der Waals surface area contributed by atoms with Gasteiger partial charge >= 0.3 is 0 Å². The first kappa shape index (κ1) is 11.4. The molecular formula is C10H12BrN7. The van der Waals surface area contributed by atoms with Crippen molar-refractivity contribution in [2.24, 2.45) is 0 Å². The summed E-state index contributed by atoms with van der Waals surface area (Å²) in [6.45, 7) is 2.45. The lowest BCUT2D eigenvalue weighted by atomic mass is 10.3. The normalized spacial score (nSPS) is 14.4. The average Bonchev–Trinajstić information content (AvgIpc) is 2.86. The molecule has 94 valence electrons. The van der Waals surface area contributed by atoms with Gasteiger partial charge in [-0.1, -0.05) is 0 Å². The fraction of sp³-hybridized carbons (Fsp3) is 0.400. The predicted molar refractivity (Wildman–Crippen MR) is 70.4 cm³/mol. The highest BCUT2D eigenvalue weighted by Crippen LogP contribution is 2.26. The molecule has 0 aliphatic carbocycles. The van der Waals surface area contributed by atoms with E-state index in [-0.39, 0.29) is 0 Å². The van der Waals surface area contributed by atoms with Crippen molar-refractivity contribution in [1.82, 2.24) is 24.7 Å². The zero-order valence-corrected chi connectivity index (χ0v) is 11.4. The van der Waals surface area contributed by atoms with Gasteiger partial charge in [0.05, 0.1) is 11.0 Å². The second-order valence-electron chi connectivity index (χ2n) is 3.98. The molecule has 3 heterocycles. The molecule has 0 fully saturated rings. The molecule has 1 N–H and O–H groups in total. The Labute approximate surface area is 112 Å². The monoisotopic (exact) mass is 309 g/mol. The lowest BCUT2D eigenvalue weighted by Gasteiger charge is -2.28. The standard InChI is InChI=1S/C10H12BrN7/c1-12-10-13-4-7(11)9(15-10)17-2-3-18-6-14-16-8(18)5-17/h4,6H,2-3,5H2,1H3,(H,12,13,15). The molecule has 1 aliphatic heterocycles. The van der Waals surface area contributed by atoms with Gasteiger partial charge < -0.3 is 14.8 Å². The van der Waals surface area contributed by atoms with E-state index in [1.165, 1.54) is 0 Å². The van der Waals surface area contributed by atoms with Gasteiger partial charge in [-0.05, 0) is 15.9 Å². The fourth-order valence-electron chi connectivity index (χ4n) is 1.95. The Bertz CT molecular complexity index is 567. The Balaban J connectivity index is 1.92. The van der Waals surface area contributed by atoms with E-state index in [2.05, 4.69) is 50.9 Å². The molecule has 7 nitrogen and oxygen atoms in total. The van der Waals surface area contributed by atoms with Gasteiger partial charge in [0.1, 0.15) is 12.1 Å². The summed E-state index contributed by atoms with van der Waals surface area (Å²) in [4.78, 5) is 10.8. The van der Waals surface area contributed by atoms with E-state index in [1.54, 1.807) is 19.6 Å². The van der Waals surface area contributed by atoms with Gasteiger partial charge in [0, 0.05) is 26.3 Å². The van der Waals surface area contributed by atoms with Crippen molar-refractivity contribution in [2.75, 3.05) is 23.8 Å². The van der Waals surface area contributed by atoms with Gasteiger partial charge in [-0.25, -0.2) is 4.98 Å². The Morgan fingerprint density at radius 2 is 2.28 bits per heavy atom. The first-order valence-electron chi connectivity index (χ1n) is 5.60. The minimum absolute atomic E-state index is 0.611. The van der Waals surface area contributed by atoms with E-state index in [0.29, 0.717) is 12.5 Å². The van der Waals surface area contributed by atoms with Crippen molar-refractivity contribution < 1.29 is 0 Å². The highest BCUT2D eigenvalue weighted by molar-refractivity contribution is 9.10. The van der Waals surface area contributed by atoms with E-state index in [4.69, 9.17) is 0 Å². The van der Waals surface area contributed by atoms with Crippen LogP contribution in [0.2, 0.25) is 0 Å². The topological polar surface area (TPSA) is 71.8 Å². The SMILES string of the molecule is CNc1ncc(Br)c(N2CCn3cnnc3C2)n1. The lowest BCUT2D eigenvalue weighted by Crippen LogP contribution is -2.34. The van der Waals surface area contributed by atoms with E-state index in [9.17, 15) is 0 Å². The van der Waals surface area contributed by atoms with Crippen LogP contribution in [0.5, 0.6) is 0 Å². The predicted octanol–water partition coefficient (Wildman–Crippen LogP) is 0.892. The molecule has 0 saturated heterocycles. The zero-order chi connectivity index (χ0) is 12.5. The van der Waals surface area contributed by atoms with Crippen LogP contribution in [-0.4, -0.2) is 38.3 Å². The number of nitrogens with one attached hydrogen (secondary N) is 1.